The molecule has 1 aliphatic rings. The van der Waals surface area contributed by atoms with Crippen molar-refractivity contribution in [2.45, 2.75) is 19.3 Å². The van der Waals surface area contributed by atoms with E-state index in [1.807, 2.05) is 38.1 Å². The van der Waals surface area contributed by atoms with Crippen molar-refractivity contribution < 1.29 is 14.7 Å². The number of benzene rings is 1. The van der Waals surface area contributed by atoms with E-state index >= 15 is 0 Å². The lowest BCUT2D eigenvalue weighted by Gasteiger charge is -2.35. The SMILES string of the molecule is CN1CC(=O)N(c2ccccc2C(C)(C)CO)CC1=O. The molecule has 0 bridgehead atoms. The summed E-state index contributed by atoms with van der Waals surface area (Å²) in [5.41, 5.74) is 1.11. The van der Waals surface area contributed by atoms with Crippen molar-refractivity contribution in [3.63, 3.8) is 0 Å². The first kappa shape index (κ1) is 14.5. The number of anilines is 1. The molecular weight excluding hydrogens is 256 g/mol. The minimum absolute atomic E-state index is 0.0279. The molecule has 5 nitrogen and oxygen atoms in total. The van der Waals surface area contributed by atoms with Gasteiger partial charge in [-0.15, -0.1) is 0 Å². The van der Waals surface area contributed by atoms with Gasteiger partial charge in [-0.25, -0.2) is 0 Å². The molecule has 0 radical (unpaired) electrons. The van der Waals surface area contributed by atoms with Gasteiger partial charge in [0.25, 0.3) is 0 Å². The molecule has 1 aromatic carbocycles. The van der Waals surface area contributed by atoms with Crippen LogP contribution in [0.1, 0.15) is 19.4 Å². The Labute approximate surface area is 118 Å². The van der Waals surface area contributed by atoms with Crippen LogP contribution in [0.25, 0.3) is 0 Å². The Morgan fingerprint density at radius 3 is 2.45 bits per heavy atom. The predicted octanol–water partition coefficient (Wildman–Crippen LogP) is 0.761. The number of carbonyl (C=O) groups excluding carboxylic acids is 2. The quantitative estimate of drug-likeness (QED) is 0.886. The normalized spacial score (nSPS) is 16.8. The van der Waals surface area contributed by atoms with E-state index < -0.39 is 5.41 Å². The maximum absolute atomic E-state index is 12.2. The van der Waals surface area contributed by atoms with E-state index in [-0.39, 0.29) is 31.5 Å². The highest BCUT2D eigenvalue weighted by Gasteiger charge is 2.32. The third kappa shape index (κ3) is 2.54. The highest BCUT2D eigenvalue weighted by molar-refractivity contribution is 6.04. The Bertz CT molecular complexity index is 540. The number of nitrogens with zero attached hydrogens (tertiary/aromatic N) is 2. The molecule has 0 unspecified atom stereocenters. The number of carbonyl (C=O) groups is 2. The third-order valence-electron chi connectivity index (χ3n) is 3.71. The van der Waals surface area contributed by atoms with Gasteiger partial charge in [0, 0.05) is 18.2 Å². The Hall–Kier alpha value is -1.88. The van der Waals surface area contributed by atoms with Crippen LogP contribution in [-0.4, -0.2) is 48.6 Å². The van der Waals surface area contributed by atoms with Crippen LogP contribution in [0.15, 0.2) is 24.3 Å². The highest BCUT2D eigenvalue weighted by atomic mass is 16.3. The smallest absolute Gasteiger partial charge is 0.247 e. The Morgan fingerprint density at radius 2 is 1.80 bits per heavy atom. The molecule has 2 rings (SSSR count). The van der Waals surface area contributed by atoms with Gasteiger partial charge in [-0.1, -0.05) is 32.0 Å². The predicted molar refractivity (Wildman–Crippen MR) is 76.5 cm³/mol. The zero-order valence-corrected chi connectivity index (χ0v) is 12.1. The molecule has 1 saturated heterocycles. The van der Waals surface area contributed by atoms with Crippen molar-refractivity contribution in [1.29, 1.82) is 0 Å². The van der Waals surface area contributed by atoms with Crippen LogP contribution in [0.2, 0.25) is 0 Å². The fraction of sp³-hybridized carbons (Fsp3) is 0.467. The molecule has 5 heteroatoms. The van der Waals surface area contributed by atoms with Gasteiger partial charge in [0.1, 0.15) is 6.54 Å². The largest absolute Gasteiger partial charge is 0.395 e. The van der Waals surface area contributed by atoms with Gasteiger partial charge < -0.3 is 14.9 Å². The van der Waals surface area contributed by atoms with Gasteiger partial charge in [0.05, 0.1) is 13.2 Å². The summed E-state index contributed by atoms with van der Waals surface area (Å²) in [6, 6.07) is 7.42. The van der Waals surface area contributed by atoms with Crippen LogP contribution in [0, 0.1) is 0 Å². The van der Waals surface area contributed by atoms with E-state index in [2.05, 4.69) is 0 Å². The third-order valence-corrected chi connectivity index (χ3v) is 3.71. The molecule has 20 heavy (non-hydrogen) atoms. The van der Waals surface area contributed by atoms with Crippen LogP contribution in [0.3, 0.4) is 0 Å². The maximum atomic E-state index is 12.2. The van der Waals surface area contributed by atoms with Gasteiger partial charge in [0.15, 0.2) is 0 Å². The topological polar surface area (TPSA) is 60.9 Å². The van der Waals surface area contributed by atoms with Gasteiger partial charge in [-0.05, 0) is 11.6 Å². The summed E-state index contributed by atoms with van der Waals surface area (Å²) in [5.74, 6) is -0.186. The zero-order chi connectivity index (χ0) is 14.9. The molecule has 0 aromatic heterocycles. The first-order valence-corrected chi connectivity index (χ1v) is 6.61. The number of hydrogen-bond donors (Lipinski definition) is 1. The summed E-state index contributed by atoms with van der Waals surface area (Å²) in [5, 5.41) is 9.55. The van der Waals surface area contributed by atoms with Crippen LogP contribution in [-0.2, 0) is 15.0 Å². The van der Waals surface area contributed by atoms with E-state index in [9.17, 15) is 14.7 Å². The molecule has 1 fully saturated rings. The van der Waals surface area contributed by atoms with Crippen molar-refractivity contribution in [3.05, 3.63) is 29.8 Å². The molecule has 0 saturated carbocycles. The first-order valence-electron chi connectivity index (χ1n) is 6.61. The molecule has 0 atom stereocenters. The fourth-order valence-electron chi connectivity index (χ4n) is 2.31. The van der Waals surface area contributed by atoms with Gasteiger partial charge >= 0.3 is 0 Å². The van der Waals surface area contributed by atoms with E-state index in [0.717, 1.165) is 5.56 Å². The minimum atomic E-state index is -0.469. The standard InChI is InChI=1S/C15H20N2O3/c1-15(2,10-18)11-6-4-5-7-12(11)17-9-13(19)16(3)8-14(17)20/h4-7,18H,8-10H2,1-3H3. The van der Waals surface area contributed by atoms with Gasteiger partial charge in [-0.2, -0.15) is 0 Å². The summed E-state index contributed by atoms with van der Waals surface area (Å²) >= 11 is 0. The van der Waals surface area contributed by atoms with Crippen LogP contribution < -0.4 is 4.90 Å². The summed E-state index contributed by atoms with van der Waals surface area (Å²) in [4.78, 5) is 27.0. The van der Waals surface area contributed by atoms with Crippen molar-refractivity contribution >= 4 is 17.5 Å². The van der Waals surface area contributed by atoms with Gasteiger partial charge in [-0.3, -0.25) is 9.59 Å². The average molecular weight is 276 g/mol. The summed E-state index contributed by atoms with van der Waals surface area (Å²) < 4.78 is 0. The number of amides is 2. The molecule has 0 aliphatic carbocycles. The summed E-state index contributed by atoms with van der Waals surface area (Å²) in [6.45, 7) is 3.93. The number of rotatable bonds is 3. The first-order chi connectivity index (χ1) is 9.36. The number of aliphatic hydroxyl groups is 1. The van der Waals surface area contributed by atoms with Crippen LogP contribution in [0.5, 0.6) is 0 Å². The Kier molecular flexibility index (Phi) is 3.81. The van der Waals surface area contributed by atoms with Crippen molar-refractivity contribution in [3.8, 4) is 0 Å². The summed E-state index contributed by atoms with van der Waals surface area (Å²) in [6.07, 6.45) is 0. The number of hydrogen-bond acceptors (Lipinski definition) is 3. The highest BCUT2D eigenvalue weighted by Crippen LogP contribution is 2.32. The molecule has 2 amide bonds. The fourth-order valence-corrected chi connectivity index (χ4v) is 2.31. The van der Waals surface area contributed by atoms with E-state index in [1.165, 1.54) is 9.80 Å². The maximum Gasteiger partial charge on any atom is 0.247 e. The number of likely N-dealkylation sites (N-methyl/N-ethyl adjacent to an activating group) is 1. The lowest BCUT2D eigenvalue weighted by atomic mass is 9.84. The lowest BCUT2D eigenvalue weighted by Crippen LogP contribution is -2.53. The van der Waals surface area contributed by atoms with Crippen LogP contribution in [0.4, 0.5) is 5.69 Å². The second-order valence-corrected chi connectivity index (χ2v) is 5.79. The zero-order valence-electron chi connectivity index (χ0n) is 12.1. The molecule has 1 aromatic rings. The molecule has 108 valence electrons. The van der Waals surface area contributed by atoms with E-state index in [0.29, 0.717) is 5.69 Å². The monoisotopic (exact) mass is 276 g/mol. The van der Waals surface area contributed by atoms with Crippen molar-refractivity contribution in [1.82, 2.24) is 4.90 Å². The van der Waals surface area contributed by atoms with Gasteiger partial charge in [0.2, 0.25) is 11.8 Å². The summed E-state index contributed by atoms with van der Waals surface area (Å²) in [7, 11) is 1.63. The van der Waals surface area contributed by atoms with E-state index in [1.54, 1.807) is 7.05 Å². The average Bonchev–Trinajstić information content (AvgIpc) is 2.43. The second kappa shape index (κ2) is 5.25. The molecular formula is C15H20N2O3. The van der Waals surface area contributed by atoms with Crippen molar-refractivity contribution in [2.24, 2.45) is 0 Å². The number of piperazine rings is 1. The molecule has 1 aliphatic heterocycles. The molecule has 1 N–H and O–H groups in total. The van der Waals surface area contributed by atoms with Crippen molar-refractivity contribution in [2.75, 3.05) is 31.6 Å². The second-order valence-electron chi connectivity index (χ2n) is 5.79. The van der Waals surface area contributed by atoms with Crippen LogP contribution >= 0.6 is 0 Å². The minimum Gasteiger partial charge on any atom is -0.395 e. The number of aliphatic hydroxyl groups excluding tert-OH is 1. The van der Waals surface area contributed by atoms with E-state index in [4.69, 9.17) is 0 Å². The molecule has 1 heterocycles. The Morgan fingerprint density at radius 1 is 1.15 bits per heavy atom. The lowest BCUT2D eigenvalue weighted by molar-refractivity contribution is -0.136. The number of para-hydroxylation sites is 1. The molecule has 0 spiro atoms. The Balaban J connectivity index is 2.43.